The predicted molar refractivity (Wildman–Crippen MR) is 73.4 cm³/mol. The van der Waals surface area contributed by atoms with Crippen LogP contribution in [0.4, 0.5) is 4.79 Å². The molecule has 0 spiro atoms. The van der Waals surface area contributed by atoms with Crippen LogP contribution in [0.2, 0.25) is 0 Å². The van der Waals surface area contributed by atoms with Gasteiger partial charge in [-0.25, -0.2) is 10.2 Å². The predicted octanol–water partition coefficient (Wildman–Crippen LogP) is -0.216. The van der Waals surface area contributed by atoms with Gasteiger partial charge in [-0.05, 0) is 34.1 Å². The largest absolute Gasteiger partial charge is 0.443 e. The van der Waals surface area contributed by atoms with Gasteiger partial charge in [0.1, 0.15) is 11.9 Å². The molecule has 8 heteroatoms. The lowest BCUT2D eigenvalue weighted by Gasteiger charge is -2.23. The zero-order chi connectivity index (χ0) is 15.8. The van der Waals surface area contributed by atoms with Crippen molar-refractivity contribution in [2.24, 2.45) is 5.73 Å². The SMILES string of the molecule is CC(NNC(=O)OC(C)(C)C)NC(CCC=O)C(N)=O. The number of carbonyl (C=O) groups excluding carboxylic acids is 3. The van der Waals surface area contributed by atoms with E-state index in [0.717, 1.165) is 0 Å². The van der Waals surface area contributed by atoms with Crippen LogP contribution in [0.25, 0.3) is 0 Å². The van der Waals surface area contributed by atoms with Crippen LogP contribution >= 0.6 is 0 Å². The van der Waals surface area contributed by atoms with E-state index in [4.69, 9.17) is 10.5 Å². The molecular weight excluding hydrogens is 264 g/mol. The van der Waals surface area contributed by atoms with E-state index in [1.807, 2.05) is 0 Å². The molecule has 0 bridgehead atoms. The van der Waals surface area contributed by atoms with Crippen LogP contribution < -0.4 is 21.9 Å². The van der Waals surface area contributed by atoms with Gasteiger partial charge in [-0.1, -0.05) is 0 Å². The average molecular weight is 288 g/mol. The minimum Gasteiger partial charge on any atom is -0.443 e. The fourth-order valence-electron chi connectivity index (χ4n) is 1.36. The van der Waals surface area contributed by atoms with Crippen molar-refractivity contribution < 1.29 is 19.1 Å². The maximum atomic E-state index is 11.4. The molecule has 0 aliphatic carbocycles. The van der Waals surface area contributed by atoms with Crippen molar-refractivity contribution in [1.29, 1.82) is 0 Å². The number of hydrogen-bond acceptors (Lipinski definition) is 6. The highest BCUT2D eigenvalue weighted by Gasteiger charge is 2.19. The van der Waals surface area contributed by atoms with E-state index in [0.29, 0.717) is 12.7 Å². The molecule has 2 atom stereocenters. The topological polar surface area (TPSA) is 123 Å². The van der Waals surface area contributed by atoms with E-state index in [1.54, 1.807) is 27.7 Å². The van der Waals surface area contributed by atoms with Crippen LogP contribution in [0.1, 0.15) is 40.5 Å². The van der Waals surface area contributed by atoms with E-state index in [2.05, 4.69) is 16.2 Å². The summed E-state index contributed by atoms with van der Waals surface area (Å²) in [6.07, 6.45) is 0.194. The molecule has 20 heavy (non-hydrogen) atoms. The molecule has 0 saturated carbocycles. The second-order valence-corrected chi connectivity index (χ2v) is 5.36. The van der Waals surface area contributed by atoms with E-state index in [9.17, 15) is 14.4 Å². The van der Waals surface area contributed by atoms with Crippen LogP contribution in [-0.4, -0.2) is 36.1 Å². The number of carbonyl (C=O) groups is 3. The van der Waals surface area contributed by atoms with Gasteiger partial charge in [-0.3, -0.25) is 15.5 Å². The molecule has 2 unspecified atom stereocenters. The molecule has 0 aromatic carbocycles. The van der Waals surface area contributed by atoms with Crippen LogP contribution in [-0.2, 0) is 14.3 Å². The lowest BCUT2D eigenvalue weighted by Crippen LogP contribution is -2.56. The summed E-state index contributed by atoms with van der Waals surface area (Å²) in [4.78, 5) is 32.9. The Bertz CT molecular complexity index is 341. The molecule has 116 valence electrons. The lowest BCUT2D eigenvalue weighted by molar-refractivity contribution is -0.120. The Morgan fingerprint density at radius 3 is 2.40 bits per heavy atom. The molecule has 0 saturated heterocycles. The van der Waals surface area contributed by atoms with Crippen molar-refractivity contribution in [2.75, 3.05) is 0 Å². The van der Waals surface area contributed by atoms with Gasteiger partial charge in [-0.15, -0.1) is 0 Å². The Morgan fingerprint density at radius 1 is 1.35 bits per heavy atom. The second-order valence-electron chi connectivity index (χ2n) is 5.36. The van der Waals surface area contributed by atoms with Gasteiger partial charge in [-0.2, -0.15) is 0 Å². The van der Waals surface area contributed by atoms with Crippen molar-refractivity contribution in [2.45, 2.75) is 58.3 Å². The van der Waals surface area contributed by atoms with Crippen LogP contribution in [0.15, 0.2) is 0 Å². The molecule has 8 nitrogen and oxygen atoms in total. The summed E-state index contributed by atoms with van der Waals surface area (Å²) in [7, 11) is 0. The van der Waals surface area contributed by atoms with Gasteiger partial charge in [0.25, 0.3) is 0 Å². The highest BCUT2D eigenvalue weighted by atomic mass is 16.6. The summed E-state index contributed by atoms with van der Waals surface area (Å²) < 4.78 is 5.03. The number of nitrogens with two attached hydrogens (primary N) is 1. The van der Waals surface area contributed by atoms with E-state index < -0.39 is 29.8 Å². The number of hydrogen-bond donors (Lipinski definition) is 4. The van der Waals surface area contributed by atoms with Gasteiger partial charge < -0.3 is 15.3 Å². The Labute approximate surface area is 118 Å². The number of primary amides is 1. The normalized spacial score (nSPS) is 14.2. The zero-order valence-corrected chi connectivity index (χ0v) is 12.4. The maximum absolute atomic E-state index is 11.4. The molecule has 0 aliphatic rings. The number of nitrogens with one attached hydrogen (secondary N) is 3. The molecule has 0 aromatic heterocycles. The molecule has 0 aliphatic heterocycles. The summed E-state index contributed by atoms with van der Waals surface area (Å²) in [5.74, 6) is -0.558. The Kier molecular flexibility index (Phi) is 7.78. The van der Waals surface area contributed by atoms with Crippen molar-refractivity contribution in [3.63, 3.8) is 0 Å². The highest BCUT2D eigenvalue weighted by molar-refractivity contribution is 5.80. The first-order chi connectivity index (χ1) is 9.15. The number of ether oxygens (including phenoxy) is 1. The third-order valence-corrected chi connectivity index (χ3v) is 2.16. The number of rotatable bonds is 8. The Morgan fingerprint density at radius 2 is 1.95 bits per heavy atom. The maximum Gasteiger partial charge on any atom is 0.422 e. The summed E-state index contributed by atoms with van der Waals surface area (Å²) in [5, 5.41) is 2.85. The molecule has 0 rings (SSSR count). The van der Waals surface area contributed by atoms with Gasteiger partial charge >= 0.3 is 6.09 Å². The highest BCUT2D eigenvalue weighted by Crippen LogP contribution is 2.05. The molecular formula is C12H24N4O4. The van der Waals surface area contributed by atoms with E-state index >= 15 is 0 Å². The lowest BCUT2D eigenvalue weighted by atomic mass is 10.1. The zero-order valence-electron chi connectivity index (χ0n) is 12.4. The summed E-state index contributed by atoms with van der Waals surface area (Å²) in [6, 6.07) is -0.650. The number of aldehydes is 1. The molecule has 0 heterocycles. The Balaban J connectivity index is 4.13. The van der Waals surface area contributed by atoms with E-state index in [1.165, 1.54) is 0 Å². The van der Waals surface area contributed by atoms with Crippen molar-refractivity contribution >= 4 is 18.3 Å². The molecule has 0 radical (unpaired) electrons. The van der Waals surface area contributed by atoms with Crippen LogP contribution in [0.3, 0.4) is 0 Å². The summed E-state index contributed by atoms with van der Waals surface area (Å²) >= 11 is 0. The second kappa shape index (κ2) is 8.49. The standard InChI is InChI=1S/C12H24N4O4/c1-8(14-9(10(13)18)6-5-7-17)15-16-11(19)20-12(2,3)4/h7-9,14-15H,5-6H2,1-4H3,(H2,13,18)(H,16,19). The van der Waals surface area contributed by atoms with Gasteiger partial charge in [0, 0.05) is 6.42 Å². The van der Waals surface area contributed by atoms with Crippen molar-refractivity contribution in [3.05, 3.63) is 0 Å². The first-order valence-electron chi connectivity index (χ1n) is 6.39. The fourth-order valence-corrected chi connectivity index (χ4v) is 1.36. The first kappa shape index (κ1) is 18.3. The van der Waals surface area contributed by atoms with Crippen molar-refractivity contribution in [1.82, 2.24) is 16.2 Å². The fraction of sp³-hybridized carbons (Fsp3) is 0.750. The Hall–Kier alpha value is -1.67. The minimum atomic E-state index is -0.650. The monoisotopic (exact) mass is 288 g/mol. The van der Waals surface area contributed by atoms with Crippen LogP contribution in [0, 0.1) is 0 Å². The number of hydrazine groups is 1. The minimum absolute atomic E-state index is 0.229. The van der Waals surface area contributed by atoms with Crippen molar-refractivity contribution in [3.8, 4) is 0 Å². The quantitative estimate of drug-likeness (QED) is 0.278. The van der Waals surface area contributed by atoms with Gasteiger partial charge in [0.2, 0.25) is 5.91 Å². The average Bonchev–Trinajstić information content (AvgIpc) is 2.29. The first-order valence-corrected chi connectivity index (χ1v) is 6.39. The van der Waals surface area contributed by atoms with Crippen LogP contribution in [0.5, 0.6) is 0 Å². The third-order valence-electron chi connectivity index (χ3n) is 2.16. The number of amides is 2. The van der Waals surface area contributed by atoms with Gasteiger partial charge in [0.15, 0.2) is 0 Å². The van der Waals surface area contributed by atoms with Gasteiger partial charge in [0.05, 0.1) is 12.2 Å². The summed E-state index contributed by atoms with van der Waals surface area (Å²) in [5.41, 5.74) is 9.59. The molecule has 5 N–H and O–H groups in total. The third kappa shape index (κ3) is 9.29. The molecule has 0 fully saturated rings. The van der Waals surface area contributed by atoms with E-state index in [-0.39, 0.29) is 6.42 Å². The molecule has 2 amide bonds. The molecule has 0 aromatic rings. The smallest absolute Gasteiger partial charge is 0.422 e. The summed E-state index contributed by atoms with van der Waals surface area (Å²) in [6.45, 7) is 6.93.